The number of rotatable bonds is 5. The fraction of sp³-hybridized carbons (Fsp3) is 0.667. The molecule has 0 aromatic heterocycles. The molecule has 1 unspecified atom stereocenters. The summed E-state index contributed by atoms with van der Waals surface area (Å²) < 4.78 is 5.82. The van der Waals surface area contributed by atoms with Crippen molar-refractivity contribution in [3.8, 4) is 5.75 Å². The van der Waals surface area contributed by atoms with Crippen LogP contribution in [0.2, 0.25) is 0 Å². The van der Waals surface area contributed by atoms with Crippen LogP contribution in [-0.2, 0) is 0 Å². The molecule has 1 fully saturated rings. The minimum Gasteiger partial charge on any atom is -0.491 e. The molecule has 1 aromatic rings. The Morgan fingerprint density at radius 1 is 1.25 bits per heavy atom. The SMILES string of the molecule is CCC(C)Oc1cccc(C(=O)NC2CCC(C(C)(C)C)CC2)c1. The average molecular weight is 332 g/mol. The summed E-state index contributed by atoms with van der Waals surface area (Å²) in [5.41, 5.74) is 1.06. The highest BCUT2D eigenvalue weighted by Crippen LogP contribution is 2.37. The van der Waals surface area contributed by atoms with Gasteiger partial charge in [-0.1, -0.05) is 33.8 Å². The lowest BCUT2D eigenvalue weighted by atomic mass is 9.71. The van der Waals surface area contributed by atoms with Crippen molar-refractivity contribution < 1.29 is 9.53 Å². The van der Waals surface area contributed by atoms with Gasteiger partial charge in [-0.15, -0.1) is 0 Å². The summed E-state index contributed by atoms with van der Waals surface area (Å²) in [5, 5.41) is 3.21. The highest BCUT2D eigenvalue weighted by Gasteiger charge is 2.30. The minimum absolute atomic E-state index is 0.0174. The molecule has 1 saturated carbocycles. The van der Waals surface area contributed by atoms with Gasteiger partial charge in [0.05, 0.1) is 6.10 Å². The molecule has 1 aromatic carbocycles. The van der Waals surface area contributed by atoms with Crippen LogP contribution in [0.25, 0.3) is 0 Å². The van der Waals surface area contributed by atoms with E-state index in [0.717, 1.165) is 30.9 Å². The van der Waals surface area contributed by atoms with Crippen molar-refractivity contribution in [2.24, 2.45) is 11.3 Å². The van der Waals surface area contributed by atoms with E-state index >= 15 is 0 Å². The van der Waals surface area contributed by atoms with Crippen molar-refractivity contribution in [1.29, 1.82) is 0 Å². The Hall–Kier alpha value is -1.51. The molecule has 2 rings (SSSR count). The molecule has 3 nitrogen and oxygen atoms in total. The Bertz CT molecular complexity index is 539. The van der Waals surface area contributed by atoms with Gasteiger partial charge in [-0.2, -0.15) is 0 Å². The lowest BCUT2D eigenvalue weighted by Gasteiger charge is -2.37. The highest BCUT2D eigenvalue weighted by atomic mass is 16.5. The lowest BCUT2D eigenvalue weighted by molar-refractivity contribution is 0.0903. The van der Waals surface area contributed by atoms with Crippen LogP contribution >= 0.6 is 0 Å². The van der Waals surface area contributed by atoms with Crippen LogP contribution in [0.1, 0.15) is 77.1 Å². The standard InChI is InChI=1S/C21H33NO2/c1-6-15(2)24-19-9-7-8-16(14-19)20(23)22-18-12-10-17(11-13-18)21(3,4)5/h7-9,14-15,17-18H,6,10-13H2,1-5H3,(H,22,23). The fourth-order valence-corrected chi connectivity index (χ4v) is 3.40. The second-order valence-electron chi connectivity index (χ2n) is 8.25. The van der Waals surface area contributed by atoms with E-state index in [1.807, 2.05) is 31.2 Å². The predicted molar refractivity (Wildman–Crippen MR) is 99.5 cm³/mol. The Labute approximate surface area is 147 Å². The molecule has 1 aliphatic rings. The summed E-state index contributed by atoms with van der Waals surface area (Å²) >= 11 is 0. The third kappa shape index (κ3) is 5.25. The van der Waals surface area contributed by atoms with Crippen molar-refractivity contribution in [1.82, 2.24) is 5.32 Å². The largest absolute Gasteiger partial charge is 0.491 e. The fourth-order valence-electron chi connectivity index (χ4n) is 3.40. The number of ether oxygens (including phenoxy) is 1. The topological polar surface area (TPSA) is 38.3 Å². The van der Waals surface area contributed by atoms with Crippen LogP contribution in [0.15, 0.2) is 24.3 Å². The van der Waals surface area contributed by atoms with Crippen LogP contribution in [0, 0.1) is 11.3 Å². The van der Waals surface area contributed by atoms with Gasteiger partial charge < -0.3 is 10.1 Å². The number of amides is 1. The van der Waals surface area contributed by atoms with E-state index in [-0.39, 0.29) is 12.0 Å². The Balaban J connectivity index is 1.90. The van der Waals surface area contributed by atoms with Crippen LogP contribution in [0.5, 0.6) is 5.75 Å². The zero-order valence-electron chi connectivity index (χ0n) is 15.9. The van der Waals surface area contributed by atoms with Crippen molar-refractivity contribution in [2.75, 3.05) is 0 Å². The van der Waals surface area contributed by atoms with Crippen molar-refractivity contribution in [2.45, 2.75) is 78.9 Å². The second-order valence-corrected chi connectivity index (χ2v) is 8.25. The maximum absolute atomic E-state index is 12.5. The molecule has 1 amide bonds. The molecular weight excluding hydrogens is 298 g/mol. The van der Waals surface area contributed by atoms with Crippen molar-refractivity contribution in [3.05, 3.63) is 29.8 Å². The molecule has 1 aliphatic carbocycles. The molecule has 1 N–H and O–H groups in total. The first-order valence-corrected chi connectivity index (χ1v) is 9.37. The summed E-state index contributed by atoms with van der Waals surface area (Å²) in [4.78, 5) is 12.5. The molecule has 134 valence electrons. The first kappa shape index (κ1) is 18.8. The van der Waals surface area contributed by atoms with E-state index in [9.17, 15) is 4.79 Å². The van der Waals surface area contributed by atoms with Crippen LogP contribution < -0.4 is 10.1 Å². The van der Waals surface area contributed by atoms with Gasteiger partial charge in [0, 0.05) is 11.6 Å². The number of carbonyl (C=O) groups excluding carboxylic acids is 1. The molecule has 0 aliphatic heterocycles. The lowest BCUT2D eigenvalue weighted by Crippen LogP contribution is -2.39. The third-order valence-corrected chi connectivity index (χ3v) is 5.30. The number of benzene rings is 1. The number of hydrogen-bond acceptors (Lipinski definition) is 2. The van der Waals surface area contributed by atoms with Gasteiger partial charge in [0.1, 0.15) is 5.75 Å². The Morgan fingerprint density at radius 3 is 2.50 bits per heavy atom. The van der Waals surface area contributed by atoms with Gasteiger partial charge in [0.15, 0.2) is 0 Å². The number of hydrogen-bond donors (Lipinski definition) is 1. The van der Waals surface area contributed by atoms with Crippen LogP contribution in [0.3, 0.4) is 0 Å². The van der Waals surface area contributed by atoms with E-state index < -0.39 is 0 Å². The van der Waals surface area contributed by atoms with Crippen molar-refractivity contribution >= 4 is 5.91 Å². The molecule has 0 saturated heterocycles. The first-order chi connectivity index (χ1) is 11.3. The molecule has 3 heteroatoms. The summed E-state index contributed by atoms with van der Waals surface area (Å²) in [6.07, 6.45) is 5.67. The monoisotopic (exact) mass is 331 g/mol. The number of nitrogens with one attached hydrogen (secondary N) is 1. The zero-order valence-corrected chi connectivity index (χ0v) is 15.9. The molecular formula is C21H33NO2. The minimum atomic E-state index is 0.0174. The first-order valence-electron chi connectivity index (χ1n) is 9.37. The molecule has 0 bridgehead atoms. The molecule has 0 spiro atoms. The summed E-state index contributed by atoms with van der Waals surface area (Å²) in [5.74, 6) is 1.55. The second kappa shape index (κ2) is 8.04. The Morgan fingerprint density at radius 2 is 1.92 bits per heavy atom. The predicted octanol–water partition coefficient (Wildman–Crippen LogP) is 5.20. The maximum Gasteiger partial charge on any atom is 0.251 e. The average Bonchev–Trinajstić information content (AvgIpc) is 2.54. The van der Waals surface area contributed by atoms with E-state index in [0.29, 0.717) is 17.0 Å². The van der Waals surface area contributed by atoms with Crippen LogP contribution in [-0.4, -0.2) is 18.1 Å². The van der Waals surface area contributed by atoms with Gasteiger partial charge in [-0.25, -0.2) is 0 Å². The third-order valence-electron chi connectivity index (χ3n) is 5.30. The highest BCUT2D eigenvalue weighted by molar-refractivity contribution is 5.94. The quantitative estimate of drug-likeness (QED) is 0.805. The van der Waals surface area contributed by atoms with Crippen LogP contribution in [0.4, 0.5) is 0 Å². The molecule has 24 heavy (non-hydrogen) atoms. The zero-order chi connectivity index (χ0) is 17.7. The van der Waals surface area contributed by atoms with E-state index in [1.165, 1.54) is 12.8 Å². The maximum atomic E-state index is 12.5. The van der Waals surface area contributed by atoms with Gasteiger partial charge >= 0.3 is 0 Å². The van der Waals surface area contributed by atoms with E-state index in [1.54, 1.807) is 0 Å². The molecule has 0 heterocycles. The summed E-state index contributed by atoms with van der Waals surface area (Å²) in [6.45, 7) is 11.1. The van der Waals surface area contributed by atoms with E-state index in [4.69, 9.17) is 4.74 Å². The number of carbonyl (C=O) groups is 1. The molecule has 0 radical (unpaired) electrons. The van der Waals surface area contributed by atoms with Gasteiger partial charge in [-0.3, -0.25) is 4.79 Å². The van der Waals surface area contributed by atoms with Crippen molar-refractivity contribution in [3.63, 3.8) is 0 Å². The van der Waals surface area contributed by atoms with Gasteiger partial charge in [0.2, 0.25) is 0 Å². The van der Waals surface area contributed by atoms with Gasteiger partial charge in [0.25, 0.3) is 5.91 Å². The van der Waals surface area contributed by atoms with E-state index in [2.05, 4.69) is 33.0 Å². The smallest absolute Gasteiger partial charge is 0.251 e. The Kier molecular flexibility index (Phi) is 6.31. The molecule has 1 atom stereocenters. The van der Waals surface area contributed by atoms with Gasteiger partial charge in [-0.05, 0) is 68.6 Å². The normalized spacial score (nSPS) is 22.7. The summed E-state index contributed by atoms with van der Waals surface area (Å²) in [7, 11) is 0. The summed E-state index contributed by atoms with van der Waals surface area (Å²) in [6, 6.07) is 7.82.